The number of hydrogen-bond donors (Lipinski definition) is 1. The molecule has 0 bridgehead atoms. The van der Waals surface area contributed by atoms with Gasteiger partial charge in [-0.1, -0.05) is 18.6 Å². The molecule has 2 rings (SSSR count). The molecule has 1 unspecified atom stereocenters. The van der Waals surface area contributed by atoms with Gasteiger partial charge in [-0.3, -0.25) is 4.79 Å². The molecule has 1 aliphatic rings. The Labute approximate surface area is 130 Å². The second-order valence-electron chi connectivity index (χ2n) is 5.66. The fourth-order valence-electron chi connectivity index (χ4n) is 2.31. The van der Waals surface area contributed by atoms with Gasteiger partial charge in [0.15, 0.2) is 0 Å². The van der Waals surface area contributed by atoms with Crippen LogP contribution in [0.25, 0.3) is 0 Å². The lowest BCUT2D eigenvalue weighted by atomic mass is 9.84. The SMILES string of the molecule is CC(CCc1ccc(S(=O)(=O)Cl)cc1)NC(=O)C1CCC1. The van der Waals surface area contributed by atoms with Crippen molar-refractivity contribution < 1.29 is 13.2 Å². The standard InChI is InChI=1S/C15H20ClNO3S/c1-11(17-15(18)13-3-2-4-13)5-6-12-7-9-14(10-8-12)21(16,19)20/h7-11,13H,2-6H2,1H3,(H,17,18). The zero-order valence-corrected chi connectivity index (χ0v) is 13.6. The first-order chi connectivity index (χ1) is 9.86. The van der Waals surface area contributed by atoms with Crippen LogP contribution in [0.5, 0.6) is 0 Å². The van der Waals surface area contributed by atoms with Gasteiger partial charge in [0.1, 0.15) is 0 Å². The number of carbonyl (C=O) groups is 1. The van der Waals surface area contributed by atoms with E-state index in [1.54, 1.807) is 12.1 Å². The monoisotopic (exact) mass is 329 g/mol. The average Bonchev–Trinajstić information content (AvgIpc) is 2.33. The highest BCUT2D eigenvalue weighted by molar-refractivity contribution is 8.13. The molecule has 1 atom stereocenters. The average molecular weight is 330 g/mol. The van der Waals surface area contributed by atoms with Crippen molar-refractivity contribution >= 4 is 25.6 Å². The van der Waals surface area contributed by atoms with E-state index in [0.29, 0.717) is 0 Å². The maximum absolute atomic E-state index is 11.8. The predicted octanol–water partition coefficient (Wildman–Crippen LogP) is 2.85. The topological polar surface area (TPSA) is 63.2 Å². The number of halogens is 1. The van der Waals surface area contributed by atoms with E-state index >= 15 is 0 Å². The van der Waals surface area contributed by atoms with E-state index in [4.69, 9.17) is 10.7 Å². The fourth-order valence-corrected chi connectivity index (χ4v) is 3.07. The molecule has 0 aromatic heterocycles. The summed E-state index contributed by atoms with van der Waals surface area (Å²) >= 11 is 0. The summed E-state index contributed by atoms with van der Waals surface area (Å²) in [5.41, 5.74) is 1.03. The van der Waals surface area contributed by atoms with Crippen molar-refractivity contribution in [3.05, 3.63) is 29.8 Å². The first kappa shape index (κ1) is 16.3. The number of nitrogens with one attached hydrogen (secondary N) is 1. The molecule has 1 saturated carbocycles. The van der Waals surface area contributed by atoms with Crippen molar-refractivity contribution in [3.63, 3.8) is 0 Å². The first-order valence-corrected chi connectivity index (χ1v) is 9.51. The highest BCUT2D eigenvalue weighted by atomic mass is 35.7. The predicted molar refractivity (Wildman–Crippen MR) is 82.7 cm³/mol. The Morgan fingerprint density at radius 3 is 2.43 bits per heavy atom. The summed E-state index contributed by atoms with van der Waals surface area (Å²) < 4.78 is 22.3. The molecule has 1 fully saturated rings. The van der Waals surface area contributed by atoms with Crippen molar-refractivity contribution in [3.8, 4) is 0 Å². The van der Waals surface area contributed by atoms with Gasteiger partial charge in [0.25, 0.3) is 9.05 Å². The Morgan fingerprint density at radius 1 is 1.33 bits per heavy atom. The van der Waals surface area contributed by atoms with Gasteiger partial charge in [0.2, 0.25) is 5.91 Å². The van der Waals surface area contributed by atoms with E-state index in [1.807, 2.05) is 6.92 Å². The Hall–Kier alpha value is -1.07. The van der Waals surface area contributed by atoms with Gasteiger partial charge >= 0.3 is 0 Å². The van der Waals surface area contributed by atoms with Gasteiger partial charge < -0.3 is 5.32 Å². The summed E-state index contributed by atoms with van der Waals surface area (Å²) in [6.07, 6.45) is 4.78. The van der Waals surface area contributed by atoms with E-state index in [1.165, 1.54) is 12.1 Å². The molecule has 0 spiro atoms. The van der Waals surface area contributed by atoms with E-state index in [-0.39, 0.29) is 22.8 Å². The summed E-state index contributed by atoms with van der Waals surface area (Å²) in [6.45, 7) is 1.99. The number of amides is 1. The molecule has 0 heterocycles. The highest BCUT2D eigenvalue weighted by Gasteiger charge is 2.25. The van der Waals surface area contributed by atoms with Gasteiger partial charge in [-0.05, 0) is 50.3 Å². The Morgan fingerprint density at radius 2 is 1.95 bits per heavy atom. The number of benzene rings is 1. The quantitative estimate of drug-likeness (QED) is 0.816. The van der Waals surface area contributed by atoms with Crippen LogP contribution < -0.4 is 5.32 Å². The number of carbonyl (C=O) groups excluding carboxylic acids is 1. The lowest BCUT2D eigenvalue weighted by Crippen LogP contribution is -2.39. The second kappa shape index (κ2) is 6.79. The molecule has 0 saturated heterocycles. The van der Waals surface area contributed by atoms with Gasteiger partial charge in [-0.15, -0.1) is 0 Å². The minimum atomic E-state index is -3.66. The smallest absolute Gasteiger partial charge is 0.261 e. The van der Waals surface area contributed by atoms with Crippen LogP contribution in [0.4, 0.5) is 0 Å². The summed E-state index contributed by atoms with van der Waals surface area (Å²) in [7, 11) is 1.61. The van der Waals surface area contributed by atoms with Crippen molar-refractivity contribution in [2.45, 2.75) is 50.0 Å². The molecular formula is C15H20ClNO3S. The van der Waals surface area contributed by atoms with Crippen molar-refractivity contribution in [1.82, 2.24) is 5.32 Å². The second-order valence-corrected chi connectivity index (χ2v) is 8.22. The third-order valence-electron chi connectivity index (χ3n) is 3.94. The van der Waals surface area contributed by atoms with Gasteiger partial charge in [-0.2, -0.15) is 0 Å². The van der Waals surface area contributed by atoms with Crippen LogP contribution in [0.2, 0.25) is 0 Å². The molecule has 1 aliphatic carbocycles. The molecule has 1 aromatic carbocycles. The summed E-state index contributed by atoms with van der Waals surface area (Å²) in [5, 5.41) is 3.03. The van der Waals surface area contributed by atoms with Crippen LogP contribution in [0.3, 0.4) is 0 Å². The van der Waals surface area contributed by atoms with Crippen LogP contribution in [0.15, 0.2) is 29.2 Å². The molecule has 1 N–H and O–H groups in total. The Bertz CT molecular complexity index is 594. The van der Waals surface area contributed by atoms with Crippen molar-refractivity contribution in [2.24, 2.45) is 5.92 Å². The maximum Gasteiger partial charge on any atom is 0.261 e. The van der Waals surface area contributed by atoms with Gasteiger partial charge in [0, 0.05) is 22.6 Å². The zero-order valence-electron chi connectivity index (χ0n) is 12.0. The number of aryl methyl sites for hydroxylation is 1. The summed E-state index contributed by atoms with van der Waals surface area (Å²) in [5.74, 6) is 0.373. The minimum Gasteiger partial charge on any atom is -0.353 e. The molecule has 1 amide bonds. The Kier molecular flexibility index (Phi) is 5.27. The van der Waals surface area contributed by atoms with Crippen LogP contribution in [-0.2, 0) is 20.3 Å². The lowest BCUT2D eigenvalue weighted by Gasteiger charge is -2.26. The molecule has 1 aromatic rings. The molecular weight excluding hydrogens is 310 g/mol. The minimum absolute atomic E-state index is 0.110. The van der Waals surface area contributed by atoms with Crippen molar-refractivity contribution in [1.29, 1.82) is 0 Å². The van der Waals surface area contributed by atoms with Crippen LogP contribution in [0, 0.1) is 5.92 Å². The summed E-state index contributed by atoms with van der Waals surface area (Å²) in [6, 6.07) is 6.66. The molecule has 6 heteroatoms. The molecule has 0 radical (unpaired) electrons. The largest absolute Gasteiger partial charge is 0.353 e. The van der Waals surface area contributed by atoms with Crippen LogP contribution in [0.1, 0.15) is 38.2 Å². The van der Waals surface area contributed by atoms with Gasteiger partial charge in [0.05, 0.1) is 4.90 Å². The third kappa shape index (κ3) is 4.71. The van der Waals surface area contributed by atoms with E-state index in [2.05, 4.69) is 5.32 Å². The van der Waals surface area contributed by atoms with Crippen LogP contribution >= 0.6 is 10.7 Å². The third-order valence-corrected chi connectivity index (χ3v) is 5.31. The van der Waals surface area contributed by atoms with E-state index < -0.39 is 9.05 Å². The van der Waals surface area contributed by atoms with E-state index in [9.17, 15) is 13.2 Å². The summed E-state index contributed by atoms with van der Waals surface area (Å²) in [4.78, 5) is 11.9. The van der Waals surface area contributed by atoms with E-state index in [0.717, 1.165) is 37.7 Å². The molecule has 0 aliphatic heterocycles. The number of hydrogen-bond acceptors (Lipinski definition) is 3. The zero-order chi connectivity index (χ0) is 15.5. The Balaban J connectivity index is 1.80. The van der Waals surface area contributed by atoms with Gasteiger partial charge in [-0.25, -0.2) is 8.42 Å². The molecule has 21 heavy (non-hydrogen) atoms. The normalized spacial score (nSPS) is 17.0. The molecule has 4 nitrogen and oxygen atoms in total. The fraction of sp³-hybridized carbons (Fsp3) is 0.533. The molecule has 116 valence electrons. The highest BCUT2D eigenvalue weighted by Crippen LogP contribution is 2.26. The van der Waals surface area contributed by atoms with Crippen LogP contribution in [-0.4, -0.2) is 20.4 Å². The first-order valence-electron chi connectivity index (χ1n) is 7.20. The maximum atomic E-state index is 11.8. The lowest BCUT2D eigenvalue weighted by molar-refractivity contribution is -0.128. The van der Waals surface area contributed by atoms with Crippen molar-refractivity contribution in [2.75, 3.05) is 0 Å². The number of rotatable bonds is 6.